The molecule has 0 amide bonds. The van der Waals surface area contributed by atoms with Crippen molar-refractivity contribution in [3.8, 4) is 17.2 Å². The van der Waals surface area contributed by atoms with Gasteiger partial charge in [0, 0.05) is 23.0 Å². The van der Waals surface area contributed by atoms with Gasteiger partial charge >= 0.3 is 5.97 Å². The minimum Gasteiger partial charge on any atom is -0.462 e. The Morgan fingerprint density at radius 1 is 0.943 bits per heavy atom. The van der Waals surface area contributed by atoms with Gasteiger partial charge in [-0.3, -0.25) is 4.79 Å². The third-order valence-electron chi connectivity index (χ3n) is 5.63. The summed E-state index contributed by atoms with van der Waals surface area (Å²) in [5.41, 5.74) is 5.35. The minimum atomic E-state index is -0.648. The highest BCUT2D eigenvalue weighted by molar-refractivity contribution is 6.01. The Morgan fingerprint density at radius 2 is 1.63 bits per heavy atom. The summed E-state index contributed by atoms with van der Waals surface area (Å²) in [7, 11) is 0. The third-order valence-corrected chi connectivity index (χ3v) is 5.63. The lowest BCUT2D eigenvalue weighted by Gasteiger charge is -2.27. The maximum absolute atomic E-state index is 13.1. The van der Waals surface area contributed by atoms with Crippen molar-refractivity contribution in [3.05, 3.63) is 120 Å². The lowest BCUT2D eigenvalue weighted by molar-refractivity contribution is -0.138. The Morgan fingerprint density at radius 3 is 2.34 bits per heavy atom. The summed E-state index contributed by atoms with van der Waals surface area (Å²) in [5, 5.41) is 9.27. The summed E-state index contributed by atoms with van der Waals surface area (Å²) in [6.07, 6.45) is 6.88. The first-order chi connectivity index (χ1) is 17.1. The van der Waals surface area contributed by atoms with Crippen molar-refractivity contribution in [2.75, 3.05) is 18.1 Å². The molecular weight excluding hydrogens is 436 g/mol. The molecule has 0 saturated carbocycles. The fraction of sp³-hybridized carbons (Fsp3) is 0.100. The van der Waals surface area contributed by atoms with E-state index in [0.717, 1.165) is 28.0 Å². The predicted molar refractivity (Wildman–Crippen MR) is 137 cm³/mol. The molecule has 0 N–H and O–H groups in total. The van der Waals surface area contributed by atoms with Gasteiger partial charge in [0.05, 0.1) is 13.2 Å². The van der Waals surface area contributed by atoms with Gasteiger partial charge in [-0.2, -0.15) is 5.26 Å². The molecule has 5 nitrogen and oxygen atoms in total. The summed E-state index contributed by atoms with van der Waals surface area (Å²) >= 11 is 0. The van der Waals surface area contributed by atoms with Gasteiger partial charge in [0.2, 0.25) is 0 Å². The molecule has 3 aromatic carbocycles. The molecule has 35 heavy (non-hydrogen) atoms. The number of hydrogen-bond donors (Lipinski definition) is 0. The molecule has 0 aliphatic carbocycles. The average Bonchev–Trinajstić information content (AvgIpc) is 2.90. The number of ether oxygens (including phenoxy) is 1. The fourth-order valence-corrected chi connectivity index (χ4v) is 3.85. The zero-order chi connectivity index (χ0) is 24.6. The molecule has 0 bridgehead atoms. The fourth-order valence-electron chi connectivity index (χ4n) is 3.85. The van der Waals surface area contributed by atoms with Gasteiger partial charge in [-0.25, -0.2) is 4.79 Å². The van der Waals surface area contributed by atoms with E-state index in [2.05, 4.69) is 0 Å². The average molecular weight is 461 g/mol. The zero-order valence-electron chi connectivity index (χ0n) is 19.3. The summed E-state index contributed by atoms with van der Waals surface area (Å²) in [4.78, 5) is 26.9. The molecule has 4 rings (SSSR count). The number of Topliss-reactive ketones (excluding diaryl/α,β-unsaturated/α-hetero) is 1. The largest absolute Gasteiger partial charge is 0.462 e. The Balaban J connectivity index is 1.54. The number of ketones is 1. The molecule has 1 aliphatic rings. The molecule has 0 saturated heterocycles. The zero-order valence-corrected chi connectivity index (χ0v) is 19.3. The summed E-state index contributed by atoms with van der Waals surface area (Å²) in [6.45, 7) is 2.09. The van der Waals surface area contributed by atoms with E-state index in [9.17, 15) is 14.9 Å². The van der Waals surface area contributed by atoms with Crippen LogP contribution in [-0.2, 0) is 9.53 Å². The van der Waals surface area contributed by atoms with E-state index in [-0.39, 0.29) is 24.5 Å². The second kappa shape index (κ2) is 11.0. The molecule has 1 heterocycles. The number of carbonyl (C=O) groups excluding carboxylic acids is 2. The molecular formula is C30H24N2O3. The lowest BCUT2D eigenvalue weighted by atomic mass is 9.98. The van der Waals surface area contributed by atoms with Gasteiger partial charge < -0.3 is 9.64 Å². The van der Waals surface area contributed by atoms with Crippen LogP contribution in [-0.4, -0.2) is 24.9 Å². The Labute approximate surface area is 204 Å². The van der Waals surface area contributed by atoms with Crippen LogP contribution in [0.15, 0.2) is 109 Å². The van der Waals surface area contributed by atoms with Gasteiger partial charge in [-0.15, -0.1) is 0 Å². The predicted octanol–water partition coefficient (Wildman–Crippen LogP) is 5.97. The topological polar surface area (TPSA) is 70.4 Å². The number of hydrogen-bond acceptors (Lipinski definition) is 5. The number of nitrogens with zero attached hydrogens (tertiary/aromatic N) is 2. The highest BCUT2D eigenvalue weighted by atomic mass is 16.5. The van der Waals surface area contributed by atoms with Crippen LogP contribution in [0.1, 0.15) is 22.8 Å². The first-order valence-corrected chi connectivity index (χ1v) is 11.3. The molecule has 1 aliphatic heterocycles. The molecule has 0 unspecified atom stereocenters. The second-order valence-electron chi connectivity index (χ2n) is 7.86. The quantitative estimate of drug-likeness (QED) is 0.188. The third kappa shape index (κ3) is 5.45. The minimum absolute atomic E-state index is 0.00506. The summed E-state index contributed by atoms with van der Waals surface area (Å²) in [6, 6.07) is 27.3. The van der Waals surface area contributed by atoms with E-state index < -0.39 is 5.97 Å². The smallest absolute Gasteiger partial charge is 0.348 e. The van der Waals surface area contributed by atoms with E-state index in [1.54, 1.807) is 13.0 Å². The molecule has 0 radical (unpaired) electrons. The van der Waals surface area contributed by atoms with E-state index in [1.807, 2.05) is 102 Å². The number of benzene rings is 3. The van der Waals surface area contributed by atoms with Gasteiger partial charge in [0.15, 0.2) is 5.78 Å². The summed E-state index contributed by atoms with van der Waals surface area (Å²) in [5.74, 6) is -0.643. The number of para-hydroxylation sites is 1. The van der Waals surface area contributed by atoms with Crippen LogP contribution < -0.4 is 4.90 Å². The van der Waals surface area contributed by atoms with Crippen molar-refractivity contribution < 1.29 is 14.3 Å². The SMILES string of the molecule is CCOC(=O)C(C#N)=CC=C1C=CN(CC(=O)c2ccc(-c3ccccc3)cc2)c2ccccc21. The Kier molecular flexibility index (Phi) is 7.34. The van der Waals surface area contributed by atoms with E-state index in [0.29, 0.717) is 5.56 Å². The molecule has 0 atom stereocenters. The molecule has 3 aromatic rings. The molecule has 0 aromatic heterocycles. The van der Waals surface area contributed by atoms with Crippen LogP contribution in [0, 0.1) is 11.3 Å². The number of allylic oxidation sites excluding steroid dienone is 4. The van der Waals surface area contributed by atoms with Gasteiger partial charge in [0.1, 0.15) is 11.6 Å². The number of anilines is 1. The molecule has 5 heteroatoms. The van der Waals surface area contributed by atoms with Crippen molar-refractivity contribution >= 4 is 23.0 Å². The number of nitriles is 1. The standard InChI is InChI=1S/C30H24N2O3/c1-2-35-30(34)26(20-31)17-14-24-18-19-32(28-11-7-6-10-27(24)28)21-29(33)25-15-12-23(13-16-25)22-8-4-3-5-9-22/h3-19H,2,21H2,1H3. The second-order valence-corrected chi connectivity index (χ2v) is 7.86. The van der Waals surface area contributed by atoms with Crippen molar-refractivity contribution in [1.82, 2.24) is 0 Å². The van der Waals surface area contributed by atoms with Crippen molar-refractivity contribution in [2.24, 2.45) is 0 Å². The Bertz CT molecular complexity index is 1360. The first-order valence-electron chi connectivity index (χ1n) is 11.3. The number of fused-ring (bicyclic) bond motifs is 1. The normalized spacial score (nSPS) is 13.8. The van der Waals surface area contributed by atoms with Gasteiger partial charge in [-0.05, 0) is 41.8 Å². The highest BCUT2D eigenvalue weighted by Gasteiger charge is 2.19. The van der Waals surface area contributed by atoms with E-state index in [4.69, 9.17) is 4.74 Å². The van der Waals surface area contributed by atoms with Crippen molar-refractivity contribution in [1.29, 1.82) is 5.26 Å². The first kappa shape index (κ1) is 23.5. The molecule has 0 spiro atoms. The molecule has 172 valence electrons. The van der Waals surface area contributed by atoms with E-state index in [1.165, 1.54) is 6.08 Å². The van der Waals surface area contributed by atoms with Crippen LogP contribution in [0.3, 0.4) is 0 Å². The van der Waals surface area contributed by atoms with Gasteiger partial charge in [-0.1, -0.05) is 78.9 Å². The monoisotopic (exact) mass is 460 g/mol. The maximum atomic E-state index is 13.1. The van der Waals surface area contributed by atoms with Crippen LogP contribution in [0.5, 0.6) is 0 Å². The van der Waals surface area contributed by atoms with Crippen LogP contribution in [0.4, 0.5) is 5.69 Å². The highest BCUT2D eigenvalue weighted by Crippen LogP contribution is 2.33. The Hall–Kier alpha value is -4.69. The van der Waals surface area contributed by atoms with Crippen molar-refractivity contribution in [3.63, 3.8) is 0 Å². The number of carbonyl (C=O) groups is 2. The van der Waals surface area contributed by atoms with Crippen LogP contribution in [0.2, 0.25) is 0 Å². The number of esters is 1. The van der Waals surface area contributed by atoms with Crippen LogP contribution in [0.25, 0.3) is 16.7 Å². The molecule has 0 fully saturated rings. The number of rotatable bonds is 7. The van der Waals surface area contributed by atoms with E-state index >= 15 is 0 Å². The maximum Gasteiger partial charge on any atom is 0.348 e. The lowest BCUT2D eigenvalue weighted by Crippen LogP contribution is -2.27. The van der Waals surface area contributed by atoms with Crippen molar-refractivity contribution in [2.45, 2.75) is 6.92 Å². The summed E-state index contributed by atoms with van der Waals surface area (Å²) < 4.78 is 4.92. The van der Waals surface area contributed by atoms with Gasteiger partial charge in [0.25, 0.3) is 0 Å². The van der Waals surface area contributed by atoms with Crippen LogP contribution >= 0.6 is 0 Å².